The van der Waals surface area contributed by atoms with E-state index in [1.165, 1.54) is 6.07 Å². The van der Waals surface area contributed by atoms with Crippen LogP contribution in [-0.2, 0) is 13.1 Å². The van der Waals surface area contributed by atoms with Crippen molar-refractivity contribution in [2.24, 2.45) is 5.73 Å². The minimum Gasteiger partial charge on any atom is -0.343 e. The van der Waals surface area contributed by atoms with Crippen molar-refractivity contribution in [3.05, 3.63) is 69.6 Å². The predicted octanol–water partition coefficient (Wildman–Crippen LogP) is 4.59. The van der Waals surface area contributed by atoms with Crippen LogP contribution in [0.3, 0.4) is 0 Å². The summed E-state index contributed by atoms with van der Waals surface area (Å²) in [6, 6.07) is 10.5. The van der Waals surface area contributed by atoms with Crippen LogP contribution in [0.5, 0.6) is 0 Å². The van der Waals surface area contributed by atoms with E-state index in [1.807, 2.05) is 35.0 Å². The summed E-state index contributed by atoms with van der Waals surface area (Å²) in [5.41, 5.74) is 8.49. The first kappa shape index (κ1) is 14.4. The second-order valence-electron chi connectivity index (χ2n) is 4.86. The molecule has 0 aliphatic rings. The van der Waals surface area contributed by atoms with Gasteiger partial charge in [0.15, 0.2) is 0 Å². The molecule has 1 heterocycles. The summed E-state index contributed by atoms with van der Waals surface area (Å²) in [5.74, 6) is -0.414. The SMILES string of the molecule is NCc1cn(Cc2cccc(F)c2Cl)c2cc(Cl)ccc12. The first-order chi connectivity index (χ1) is 10.1. The minimum absolute atomic E-state index is 0.149. The van der Waals surface area contributed by atoms with E-state index in [0.717, 1.165) is 22.0 Å². The van der Waals surface area contributed by atoms with Crippen molar-refractivity contribution in [2.45, 2.75) is 13.1 Å². The summed E-state index contributed by atoms with van der Waals surface area (Å²) in [6.45, 7) is 0.898. The first-order valence-electron chi connectivity index (χ1n) is 6.50. The van der Waals surface area contributed by atoms with Gasteiger partial charge in [-0.15, -0.1) is 0 Å². The van der Waals surface area contributed by atoms with Gasteiger partial charge in [-0.3, -0.25) is 0 Å². The highest BCUT2D eigenvalue weighted by atomic mass is 35.5. The number of nitrogens with zero attached hydrogens (tertiary/aromatic N) is 1. The molecule has 5 heteroatoms. The Hall–Kier alpha value is -1.55. The second-order valence-corrected chi connectivity index (χ2v) is 5.68. The highest BCUT2D eigenvalue weighted by molar-refractivity contribution is 6.31. The van der Waals surface area contributed by atoms with Crippen LogP contribution in [0.2, 0.25) is 10.0 Å². The molecule has 3 rings (SSSR count). The van der Waals surface area contributed by atoms with Crippen LogP contribution in [0.4, 0.5) is 4.39 Å². The summed E-state index contributed by atoms with van der Waals surface area (Å²) in [6.07, 6.45) is 1.96. The van der Waals surface area contributed by atoms with E-state index in [4.69, 9.17) is 28.9 Å². The summed E-state index contributed by atoms with van der Waals surface area (Å²) in [7, 11) is 0. The fourth-order valence-electron chi connectivity index (χ4n) is 2.49. The maximum Gasteiger partial charge on any atom is 0.142 e. The molecule has 0 aliphatic carbocycles. The van der Waals surface area contributed by atoms with Crippen molar-refractivity contribution < 1.29 is 4.39 Å². The van der Waals surface area contributed by atoms with Crippen LogP contribution in [0.1, 0.15) is 11.1 Å². The second kappa shape index (κ2) is 5.68. The van der Waals surface area contributed by atoms with E-state index < -0.39 is 5.82 Å². The molecule has 0 saturated heterocycles. The molecular weight excluding hydrogens is 310 g/mol. The van der Waals surface area contributed by atoms with E-state index in [-0.39, 0.29) is 5.02 Å². The predicted molar refractivity (Wildman–Crippen MR) is 85.4 cm³/mol. The molecule has 0 aliphatic heterocycles. The number of aromatic nitrogens is 1. The smallest absolute Gasteiger partial charge is 0.142 e. The topological polar surface area (TPSA) is 30.9 Å². The lowest BCUT2D eigenvalue weighted by Crippen LogP contribution is -2.00. The van der Waals surface area contributed by atoms with Crippen LogP contribution in [0.25, 0.3) is 10.9 Å². The van der Waals surface area contributed by atoms with Crippen LogP contribution >= 0.6 is 23.2 Å². The quantitative estimate of drug-likeness (QED) is 0.751. The van der Waals surface area contributed by atoms with E-state index in [0.29, 0.717) is 18.1 Å². The fraction of sp³-hybridized carbons (Fsp3) is 0.125. The van der Waals surface area contributed by atoms with Crippen molar-refractivity contribution in [3.8, 4) is 0 Å². The molecule has 1 aromatic heterocycles. The number of nitrogens with two attached hydrogens (primary N) is 1. The van der Waals surface area contributed by atoms with Gasteiger partial charge in [-0.1, -0.05) is 41.4 Å². The maximum absolute atomic E-state index is 13.5. The van der Waals surface area contributed by atoms with Crippen molar-refractivity contribution in [1.29, 1.82) is 0 Å². The largest absolute Gasteiger partial charge is 0.343 e. The Labute approximate surface area is 131 Å². The molecule has 2 N–H and O–H groups in total. The third-order valence-corrected chi connectivity index (χ3v) is 4.18. The number of halogens is 3. The van der Waals surface area contributed by atoms with Crippen molar-refractivity contribution >= 4 is 34.1 Å². The summed E-state index contributed by atoms with van der Waals surface area (Å²) in [4.78, 5) is 0. The van der Waals surface area contributed by atoms with Crippen molar-refractivity contribution in [1.82, 2.24) is 4.57 Å². The van der Waals surface area contributed by atoms with Gasteiger partial charge in [0, 0.05) is 29.7 Å². The zero-order valence-electron chi connectivity index (χ0n) is 11.1. The molecule has 0 bridgehead atoms. The highest BCUT2D eigenvalue weighted by Gasteiger charge is 2.11. The lowest BCUT2D eigenvalue weighted by atomic mass is 10.2. The lowest BCUT2D eigenvalue weighted by Gasteiger charge is -2.08. The summed E-state index contributed by atoms with van der Waals surface area (Å²) < 4.78 is 15.5. The van der Waals surface area contributed by atoms with Gasteiger partial charge in [-0.25, -0.2) is 4.39 Å². The Bertz CT molecular complexity index is 811. The first-order valence-corrected chi connectivity index (χ1v) is 7.26. The maximum atomic E-state index is 13.5. The average molecular weight is 323 g/mol. The Morgan fingerprint density at radius 1 is 1.10 bits per heavy atom. The lowest BCUT2D eigenvalue weighted by molar-refractivity contribution is 0.624. The molecule has 0 fully saturated rings. The van der Waals surface area contributed by atoms with Gasteiger partial charge in [0.25, 0.3) is 0 Å². The zero-order valence-corrected chi connectivity index (χ0v) is 12.6. The zero-order chi connectivity index (χ0) is 15.0. The van der Waals surface area contributed by atoms with Gasteiger partial charge in [0.2, 0.25) is 0 Å². The molecule has 0 saturated carbocycles. The molecule has 21 heavy (non-hydrogen) atoms. The Morgan fingerprint density at radius 2 is 1.90 bits per heavy atom. The number of hydrogen-bond acceptors (Lipinski definition) is 1. The average Bonchev–Trinajstić information content (AvgIpc) is 2.81. The molecule has 0 amide bonds. The Balaban J connectivity index is 2.12. The monoisotopic (exact) mass is 322 g/mol. The van der Waals surface area contributed by atoms with Crippen LogP contribution < -0.4 is 5.73 Å². The molecule has 2 aromatic carbocycles. The van der Waals surface area contributed by atoms with Crippen LogP contribution in [0, 0.1) is 5.82 Å². The summed E-state index contributed by atoms with van der Waals surface area (Å²) >= 11 is 12.1. The molecule has 3 aromatic rings. The van der Waals surface area contributed by atoms with Gasteiger partial charge in [-0.2, -0.15) is 0 Å². The third kappa shape index (κ3) is 2.64. The molecular formula is C16H13Cl2FN2. The molecule has 108 valence electrons. The minimum atomic E-state index is -0.414. The van der Waals surface area contributed by atoms with Crippen LogP contribution in [0.15, 0.2) is 42.6 Å². The molecule has 0 spiro atoms. The Kier molecular flexibility index (Phi) is 3.89. The van der Waals surface area contributed by atoms with Gasteiger partial charge in [0.1, 0.15) is 5.82 Å². The van der Waals surface area contributed by atoms with E-state index >= 15 is 0 Å². The Morgan fingerprint density at radius 3 is 2.67 bits per heavy atom. The number of hydrogen-bond donors (Lipinski definition) is 1. The number of fused-ring (bicyclic) bond motifs is 1. The third-order valence-electron chi connectivity index (χ3n) is 3.52. The normalized spacial score (nSPS) is 11.2. The van der Waals surface area contributed by atoms with E-state index in [2.05, 4.69) is 0 Å². The van der Waals surface area contributed by atoms with Crippen molar-refractivity contribution in [3.63, 3.8) is 0 Å². The number of benzene rings is 2. The van der Waals surface area contributed by atoms with Gasteiger partial charge >= 0.3 is 0 Å². The molecule has 0 atom stereocenters. The van der Waals surface area contributed by atoms with E-state index in [9.17, 15) is 4.39 Å². The number of rotatable bonds is 3. The highest BCUT2D eigenvalue weighted by Crippen LogP contribution is 2.27. The molecule has 0 unspecified atom stereocenters. The van der Waals surface area contributed by atoms with Crippen molar-refractivity contribution in [2.75, 3.05) is 0 Å². The summed E-state index contributed by atoms with van der Waals surface area (Å²) in [5, 5.41) is 1.85. The fourth-order valence-corrected chi connectivity index (χ4v) is 2.84. The molecule has 2 nitrogen and oxygen atoms in total. The van der Waals surface area contributed by atoms with Crippen LogP contribution in [-0.4, -0.2) is 4.57 Å². The van der Waals surface area contributed by atoms with Gasteiger partial charge in [-0.05, 0) is 29.3 Å². The standard InChI is InChI=1S/C16H13Cl2FN2/c17-12-4-5-13-11(7-20)9-21(15(13)6-12)8-10-2-1-3-14(19)16(10)18/h1-6,9H,7-8,20H2. The van der Waals surface area contributed by atoms with Gasteiger partial charge < -0.3 is 10.3 Å². The van der Waals surface area contributed by atoms with Gasteiger partial charge in [0.05, 0.1) is 10.5 Å². The molecule has 0 radical (unpaired) electrons. The van der Waals surface area contributed by atoms with E-state index in [1.54, 1.807) is 6.07 Å².